The zero-order chi connectivity index (χ0) is 19.8. The first-order valence-corrected chi connectivity index (χ1v) is 9.01. The second kappa shape index (κ2) is 9.68. The van der Waals surface area contributed by atoms with Gasteiger partial charge in [0.15, 0.2) is 5.11 Å². The van der Waals surface area contributed by atoms with Crippen LogP contribution in [0.5, 0.6) is 5.75 Å². The molecule has 2 aromatic rings. The van der Waals surface area contributed by atoms with E-state index in [4.69, 9.17) is 17.0 Å². The molecule has 0 spiro atoms. The molecule has 0 saturated heterocycles. The molecule has 0 radical (unpaired) electrons. The van der Waals surface area contributed by atoms with Crippen LogP contribution in [-0.2, 0) is 4.79 Å². The lowest BCUT2D eigenvalue weighted by molar-refractivity contribution is -0.116. The normalized spacial score (nSPS) is 10.0. The lowest BCUT2D eigenvalue weighted by Crippen LogP contribution is -2.34. The van der Waals surface area contributed by atoms with Gasteiger partial charge in [-0.25, -0.2) is 0 Å². The minimum Gasteiger partial charge on any atom is -0.493 e. The summed E-state index contributed by atoms with van der Waals surface area (Å²) in [6.07, 6.45) is 0.852. The number of rotatable bonds is 6. The molecule has 2 amide bonds. The highest BCUT2D eigenvalue weighted by Gasteiger charge is 2.13. The molecule has 0 aliphatic heterocycles. The highest BCUT2D eigenvalue weighted by molar-refractivity contribution is 7.80. The molecule has 0 unspecified atom stereocenters. The SMILES string of the molecule is CCCOc1ccccc1C(=O)NC(=S)Nc1ccc(N(C)C(C)=O)cc1. The third kappa shape index (κ3) is 5.79. The monoisotopic (exact) mass is 385 g/mol. The van der Waals surface area contributed by atoms with Crippen LogP contribution in [0.3, 0.4) is 0 Å². The van der Waals surface area contributed by atoms with Gasteiger partial charge in [-0.3, -0.25) is 14.9 Å². The molecule has 27 heavy (non-hydrogen) atoms. The molecule has 0 aromatic heterocycles. The molecule has 0 aliphatic carbocycles. The Morgan fingerprint density at radius 1 is 1.11 bits per heavy atom. The van der Waals surface area contributed by atoms with Crippen molar-refractivity contribution >= 4 is 40.5 Å². The minimum absolute atomic E-state index is 0.0533. The lowest BCUT2D eigenvalue weighted by Gasteiger charge is -2.16. The van der Waals surface area contributed by atoms with Crippen LogP contribution in [0, 0.1) is 0 Å². The molecular formula is C20H23N3O3S. The summed E-state index contributed by atoms with van der Waals surface area (Å²) in [6.45, 7) is 4.04. The van der Waals surface area contributed by atoms with E-state index in [1.165, 1.54) is 11.8 Å². The molecule has 0 bridgehead atoms. The van der Waals surface area contributed by atoms with Crippen molar-refractivity contribution in [3.63, 3.8) is 0 Å². The summed E-state index contributed by atoms with van der Waals surface area (Å²) in [5.74, 6) is 0.130. The average molecular weight is 385 g/mol. The van der Waals surface area contributed by atoms with Gasteiger partial charge in [-0.15, -0.1) is 0 Å². The van der Waals surface area contributed by atoms with Gasteiger partial charge in [-0.1, -0.05) is 19.1 Å². The average Bonchev–Trinajstić information content (AvgIpc) is 2.66. The summed E-state index contributed by atoms with van der Waals surface area (Å²) in [5.41, 5.74) is 1.90. The maximum atomic E-state index is 12.5. The van der Waals surface area contributed by atoms with E-state index in [1.54, 1.807) is 49.5 Å². The number of nitrogens with one attached hydrogen (secondary N) is 2. The quantitative estimate of drug-likeness (QED) is 0.744. The topological polar surface area (TPSA) is 70.7 Å². The van der Waals surface area contributed by atoms with Gasteiger partial charge in [0.25, 0.3) is 5.91 Å². The van der Waals surface area contributed by atoms with E-state index < -0.39 is 0 Å². The zero-order valence-corrected chi connectivity index (χ0v) is 16.4. The van der Waals surface area contributed by atoms with Gasteiger partial charge in [0.05, 0.1) is 12.2 Å². The number of amides is 2. The van der Waals surface area contributed by atoms with Crippen LogP contribution in [-0.4, -0.2) is 30.6 Å². The Kier molecular flexibility index (Phi) is 7.31. The summed E-state index contributed by atoms with van der Waals surface area (Å²) in [7, 11) is 1.70. The van der Waals surface area contributed by atoms with Crippen LogP contribution in [0.1, 0.15) is 30.6 Å². The number of para-hydroxylation sites is 1. The summed E-state index contributed by atoms with van der Waals surface area (Å²) in [5, 5.41) is 5.79. The number of anilines is 2. The molecule has 0 atom stereocenters. The lowest BCUT2D eigenvalue weighted by atomic mass is 10.2. The standard InChI is InChI=1S/C20H23N3O3S/c1-4-13-26-18-8-6-5-7-17(18)19(25)22-20(27)21-15-9-11-16(12-10-15)23(3)14(2)24/h5-12H,4,13H2,1-3H3,(H2,21,22,25,27). The third-order valence-electron chi connectivity index (χ3n) is 3.81. The Morgan fingerprint density at radius 2 is 1.78 bits per heavy atom. The molecule has 2 aromatic carbocycles. The predicted octanol–water partition coefficient (Wildman–Crippen LogP) is 3.58. The van der Waals surface area contributed by atoms with E-state index in [0.717, 1.165) is 12.1 Å². The molecule has 142 valence electrons. The Bertz CT molecular complexity index is 821. The molecule has 0 heterocycles. The van der Waals surface area contributed by atoms with Crippen molar-refractivity contribution in [1.82, 2.24) is 5.32 Å². The molecule has 0 saturated carbocycles. The van der Waals surface area contributed by atoms with Crippen LogP contribution in [0.2, 0.25) is 0 Å². The number of carbonyl (C=O) groups excluding carboxylic acids is 2. The first-order chi connectivity index (χ1) is 12.9. The van der Waals surface area contributed by atoms with Crippen LogP contribution in [0.25, 0.3) is 0 Å². The largest absolute Gasteiger partial charge is 0.493 e. The molecule has 0 fully saturated rings. The number of hydrogen-bond acceptors (Lipinski definition) is 4. The Labute approximate surface area is 164 Å². The predicted molar refractivity (Wildman–Crippen MR) is 111 cm³/mol. The van der Waals surface area contributed by atoms with E-state index in [-0.39, 0.29) is 16.9 Å². The number of nitrogens with zero attached hydrogens (tertiary/aromatic N) is 1. The number of ether oxygens (including phenoxy) is 1. The van der Waals surface area contributed by atoms with Crippen LogP contribution < -0.4 is 20.3 Å². The molecule has 2 N–H and O–H groups in total. The van der Waals surface area contributed by atoms with Crippen molar-refractivity contribution in [1.29, 1.82) is 0 Å². The molecule has 6 nitrogen and oxygen atoms in total. The Hall–Kier alpha value is -2.93. The van der Waals surface area contributed by atoms with Crippen molar-refractivity contribution in [2.45, 2.75) is 20.3 Å². The van der Waals surface area contributed by atoms with Gasteiger partial charge in [0.2, 0.25) is 5.91 Å². The first-order valence-electron chi connectivity index (χ1n) is 8.61. The zero-order valence-electron chi connectivity index (χ0n) is 15.6. The fraction of sp³-hybridized carbons (Fsp3) is 0.250. The van der Waals surface area contributed by atoms with Crippen molar-refractivity contribution in [2.75, 3.05) is 23.9 Å². The summed E-state index contributed by atoms with van der Waals surface area (Å²) in [4.78, 5) is 25.4. The van der Waals surface area contributed by atoms with Crippen LogP contribution in [0.4, 0.5) is 11.4 Å². The second-order valence-corrected chi connectivity index (χ2v) is 6.29. The highest BCUT2D eigenvalue weighted by Crippen LogP contribution is 2.19. The Morgan fingerprint density at radius 3 is 2.41 bits per heavy atom. The van der Waals surface area contributed by atoms with Crippen molar-refractivity contribution in [3.8, 4) is 5.75 Å². The van der Waals surface area contributed by atoms with Gasteiger partial charge in [0.1, 0.15) is 5.75 Å². The second-order valence-electron chi connectivity index (χ2n) is 5.88. The van der Waals surface area contributed by atoms with Crippen molar-refractivity contribution < 1.29 is 14.3 Å². The van der Waals surface area contributed by atoms with Crippen LogP contribution >= 0.6 is 12.2 Å². The Balaban J connectivity index is 1.99. The maximum Gasteiger partial charge on any atom is 0.261 e. The van der Waals surface area contributed by atoms with E-state index in [9.17, 15) is 9.59 Å². The van der Waals surface area contributed by atoms with E-state index in [2.05, 4.69) is 10.6 Å². The molecular weight excluding hydrogens is 362 g/mol. The fourth-order valence-electron chi connectivity index (χ4n) is 2.28. The number of hydrogen-bond donors (Lipinski definition) is 2. The summed E-state index contributed by atoms with van der Waals surface area (Å²) >= 11 is 5.22. The van der Waals surface area contributed by atoms with E-state index in [1.807, 2.05) is 13.0 Å². The van der Waals surface area contributed by atoms with Gasteiger partial charge in [-0.2, -0.15) is 0 Å². The van der Waals surface area contributed by atoms with Gasteiger partial charge in [-0.05, 0) is 55.0 Å². The van der Waals surface area contributed by atoms with Gasteiger partial charge < -0.3 is 15.0 Å². The third-order valence-corrected chi connectivity index (χ3v) is 4.01. The number of benzene rings is 2. The van der Waals surface area contributed by atoms with E-state index in [0.29, 0.717) is 23.6 Å². The summed E-state index contributed by atoms with van der Waals surface area (Å²) < 4.78 is 5.61. The van der Waals surface area contributed by atoms with Crippen molar-refractivity contribution in [2.24, 2.45) is 0 Å². The van der Waals surface area contributed by atoms with Gasteiger partial charge >= 0.3 is 0 Å². The fourth-order valence-corrected chi connectivity index (χ4v) is 2.49. The minimum atomic E-state index is -0.341. The maximum absolute atomic E-state index is 12.5. The highest BCUT2D eigenvalue weighted by atomic mass is 32.1. The van der Waals surface area contributed by atoms with E-state index >= 15 is 0 Å². The van der Waals surface area contributed by atoms with Gasteiger partial charge in [0, 0.05) is 25.3 Å². The molecule has 2 rings (SSSR count). The van der Waals surface area contributed by atoms with Crippen molar-refractivity contribution in [3.05, 3.63) is 54.1 Å². The van der Waals surface area contributed by atoms with Crippen LogP contribution in [0.15, 0.2) is 48.5 Å². The summed E-state index contributed by atoms with van der Waals surface area (Å²) in [6, 6.07) is 14.2. The first kappa shape index (κ1) is 20.4. The molecule has 7 heteroatoms. The number of thiocarbonyl (C=S) groups is 1. The smallest absolute Gasteiger partial charge is 0.261 e. The number of carbonyl (C=O) groups is 2. The molecule has 0 aliphatic rings.